The molecule has 1 aromatic rings. The molecule has 0 atom stereocenters. The molecule has 0 unspecified atom stereocenters. The lowest BCUT2D eigenvalue weighted by molar-refractivity contribution is 0.0700. The summed E-state index contributed by atoms with van der Waals surface area (Å²) in [6, 6.07) is 0. The van der Waals surface area contributed by atoms with Gasteiger partial charge in [0, 0.05) is 11.0 Å². The van der Waals surface area contributed by atoms with Crippen LogP contribution in [0, 0.1) is 0 Å². The second-order valence-corrected chi connectivity index (χ2v) is 7.37. The average molecular weight is 285 g/mol. The quantitative estimate of drug-likeness (QED) is 0.883. The number of aromatic carboxylic acids is 1. The molecule has 1 N–H and O–H groups in total. The van der Waals surface area contributed by atoms with Crippen molar-refractivity contribution < 1.29 is 9.90 Å². The van der Waals surface area contributed by atoms with Crippen LogP contribution in [0.5, 0.6) is 0 Å². The SMILES string of the molecule is CC(C)c1nc(CSC2CCCC2)sc1C(=O)O. The van der Waals surface area contributed by atoms with Gasteiger partial charge in [-0.3, -0.25) is 0 Å². The van der Waals surface area contributed by atoms with E-state index < -0.39 is 5.97 Å². The number of thioether (sulfide) groups is 1. The van der Waals surface area contributed by atoms with E-state index in [-0.39, 0.29) is 5.92 Å². The summed E-state index contributed by atoms with van der Waals surface area (Å²) in [5.74, 6) is 0.202. The van der Waals surface area contributed by atoms with Crippen LogP contribution in [0.3, 0.4) is 0 Å². The summed E-state index contributed by atoms with van der Waals surface area (Å²) < 4.78 is 0. The van der Waals surface area contributed by atoms with Crippen molar-refractivity contribution >= 4 is 29.1 Å². The molecular weight excluding hydrogens is 266 g/mol. The van der Waals surface area contributed by atoms with Gasteiger partial charge in [0.25, 0.3) is 0 Å². The molecule has 0 radical (unpaired) electrons. The van der Waals surface area contributed by atoms with E-state index in [1.165, 1.54) is 37.0 Å². The van der Waals surface area contributed by atoms with Crippen molar-refractivity contribution in [3.8, 4) is 0 Å². The average Bonchev–Trinajstić information content (AvgIpc) is 2.95. The number of rotatable bonds is 5. The third kappa shape index (κ3) is 3.26. The van der Waals surface area contributed by atoms with Gasteiger partial charge in [-0.25, -0.2) is 9.78 Å². The number of nitrogens with zero attached hydrogens (tertiary/aromatic N) is 1. The molecule has 0 amide bonds. The maximum atomic E-state index is 11.2. The number of carboxylic acid groups (broad SMARTS) is 1. The lowest BCUT2D eigenvalue weighted by Crippen LogP contribution is -2.00. The molecule has 0 bridgehead atoms. The van der Waals surface area contributed by atoms with Crippen molar-refractivity contribution in [2.24, 2.45) is 0 Å². The minimum atomic E-state index is -0.840. The van der Waals surface area contributed by atoms with E-state index >= 15 is 0 Å². The van der Waals surface area contributed by atoms with E-state index in [4.69, 9.17) is 0 Å². The number of carbonyl (C=O) groups is 1. The summed E-state index contributed by atoms with van der Waals surface area (Å²) in [7, 11) is 0. The van der Waals surface area contributed by atoms with Gasteiger partial charge >= 0.3 is 5.97 Å². The fraction of sp³-hybridized carbons (Fsp3) is 0.692. The highest BCUT2D eigenvalue weighted by Crippen LogP contribution is 2.34. The monoisotopic (exact) mass is 285 g/mol. The number of hydrogen-bond acceptors (Lipinski definition) is 4. The van der Waals surface area contributed by atoms with Crippen LogP contribution in [0.25, 0.3) is 0 Å². The normalized spacial score (nSPS) is 16.6. The summed E-state index contributed by atoms with van der Waals surface area (Å²) >= 11 is 3.29. The third-order valence-electron chi connectivity index (χ3n) is 3.18. The summed E-state index contributed by atoms with van der Waals surface area (Å²) in [6.45, 7) is 3.99. The molecule has 1 aliphatic rings. The number of aromatic nitrogens is 1. The molecule has 100 valence electrons. The van der Waals surface area contributed by atoms with Crippen LogP contribution >= 0.6 is 23.1 Å². The molecule has 1 aliphatic carbocycles. The molecule has 0 spiro atoms. The van der Waals surface area contributed by atoms with E-state index in [1.807, 2.05) is 25.6 Å². The van der Waals surface area contributed by atoms with E-state index in [2.05, 4.69) is 4.98 Å². The van der Waals surface area contributed by atoms with Gasteiger partial charge in [0.2, 0.25) is 0 Å². The molecule has 0 aliphatic heterocycles. The predicted octanol–water partition coefficient (Wildman–Crippen LogP) is 4.14. The Balaban J connectivity index is 2.04. The molecule has 1 saturated carbocycles. The Hall–Kier alpha value is -0.550. The number of carboxylic acids is 1. The predicted molar refractivity (Wildman–Crippen MR) is 76.7 cm³/mol. The molecule has 1 fully saturated rings. The van der Waals surface area contributed by atoms with Crippen molar-refractivity contribution in [3.05, 3.63) is 15.6 Å². The van der Waals surface area contributed by atoms with Crippen molar-refractivity contribution in [2.75, 3.05) is 0 Å². The highest BCUT2D eigenvalue weighted by molar-refractivity contribution is 7.99. The summed E-state index contributed by atoms with van der Waals surface area (Å²) in [5.41, 5.74) is 0.745. The van der Waals surface area contributed by atoms with Gasteiger partial charge < -0.3 is 5.11 Å². The van der Waals surface area contributed by atoms with Gasteiger partial charge in [0.05, 0.1) is 5.69 Å². The van der Waals surface area contributed by atoms with Gasteiger partial charge in [0.1, 0.15) is 9.88 Å². The standard InChI is InChI=1S/C13H19NO2S2/c1-8(2)11-12(13(15)16)18-10(14-11)7-17-9-5-3-4-6-9/h8-9H,3-7H2,1-2H3,(H,15,16). The molecule has 1 aromatic heterocycles. The van der Waals surface area contributed by atoms with Crippen LogP contribution in [-0.2, 0) is 5.75 Å². The van der Waals surface area contributed by atoms with E-state index in [0.29, 0.717) is 4.88 Å². The fourth-order valence-corrected chi connectivity index (χ4v) is 4.63. The Bertz CT molecular complexity index is 423. The Morgan fingerprint density at radius 3 is 2.67 bits per heavy atom. The Morgan fingerprint density at radius 1 is 1.50 bits per heavy atom. The Morgan fingerprint density at radius 2 is 2.17 bits per heavy atom. The minimum Gasteiger partial charge on any atom is -0.477 e. The molecule has 3 nitrogen and oxygen atoms in total. The minimum absolute atomic E-state index is 0.178. The zero-order valence-corrected chi connectivity index (χ0v) is 12.4. The van der Waals surface area contributed by atoms with Crippen LogP contribution in [-0.4, -0.2) is 21.3 Å². The topological polar surface area (TPSA) is 50.2 Å². The van der Waals surface area contributed by atoms with Crippen LogP contribution in [0.1, 0.15) is 65.8 Å². The molecule has 1 heterocycles. The van der Waals surface area contributed by atoms with E-state index in [0.717, 1.165) is 21.7 Å². The first-order valence-corrected chi connectivity index (χ1v) is 8.29. The first-order valence-electron chi connectivity index (χ1n) is 6.42. The van der Waals surface area contributed by atoms with Crippen LogP contribution in [0.15, 0.2) is 0 Å². The van der Waals surface area contributed by atoms with Crippen molar-refractivity contribution in [3.63, 3.8) is 0 Å². The van der Waals surface area contributed by atoms with Gasteiger partial charge in [-0.2, -0.15) is 11.8 Å². The van der Waals surface area contributed by atoms with Gasteiger partial charge in [0.15, 0.2) is 0 Å². The molecule has 18 heavy (non-hydrogen) atoms. The van der Waals surface area contributed by atoms with E-state index in [1.54, 1.807) is 0 Å². The third-order valence-corrected chi connectivity index (χ3v) is 5.81. The summed E-state index contributed by atoms with van der Waals surface area (Å²) in [6.07, 6.45) is 5.29. The zero-order valence-electron chi connectivity index (χ0n) is 10.8. The van der Waals surface area contributed by atoms with Crippen molar-refractivity contribution in [1.29, 1.82) is 0 Å². The highest BCUT2D eigenvalue weighted by Gasteiger charge is 2.21. The maximum Gasteiger partial charge on any atom is 0.347 e. The smallest absolute Gasteiger partial charge is 0.347 e. The molecule has 5 heteroatoms. The lowest BCUT2D eigenvalue weighted by atomic mass is 10.1. The summed E-state index contributed by atoms with van der Waals surface area (Å²) in [4.78, 5) is 16.1. The van der Waals surface area contributed by atoms with Gasteiger partial charge in [-0.05, 0) is 18.8 Å². The van der Waals surface area contributed by atoms with E-state index in [9.17, 15) is 9.90 Å². The second kappa shape index (κ2) is 6.06. The van der Waals surface area contributed by atoms with Gasteiger partial charge in [-0.15, -0.1) is 11.3 Å². The Kier molecular flexibility index (Phi) is 4.67. The zero-order chi connectivity index (χ0) is 13.1. The molecule has 2 rings (SSSR count). The summed E-state index contributed by atoms with van der Waals surface area (Å²) in [5, 5.41) is 10.9. The first-order chi connectivity index (χ1) is 8.58. The second-order valence-electron chi connectivity index (χ2n) is 5.00. The van der Waals surface area contributed by atoms with Crippen molar-refractivity contribution in [1.82, 2.24) is 4.98 Å². The Labute approximate surface area is 116 Å². The largest absolute Gasteiger partial charge is 0.477 e. The van der Waals surface area contributed by atoms with Crippen molar-refractivity contribution in [2.45, 2.75) is 56.5 Å². The van der Waals surface area contributed by atoms with Crippen LogP contribution in [0.4, 0.5) is 0 Å². The molecule has 0 saturated heterocycles. The highest BCUT2D eigenvalue weighted by atomic mass is 32.2. The number of hydrogen-bond donors (Lipinski definition) is 1. The van der Waals surface area contributed by atoms with Crippen LogP contribution in [0.2, 0.25) is 0 Å². The first kappa shape index (κ1) is 13.9. The maximum absolute atomic E-state index is 11.2. The fourth-order valence-electron chi connectivity index (χ4n) is 2.23. The van der Waals surface area contributed by atoms with Crippen LogP contribution < -0.4 is 0 Å². The van der Waals surface area contributed by atoms with Gasteiger partial charge in [-0.1, -0.05) is 26.7 Å². The lowest BCUT2D eigenvalue weighted by Gasteiger charge is -2.05. The molecule has 0 aromatic carbocycles. The number of thiazole rings is 1. The molecular formula is C13H19NO2S2.